The van der Waals surface area contributed by atoms with Gasteiger partial charge < -0.3 is 4.74 Å². The summed E-state index contributed by atoms with van der Waals surface area (Å²) in [4.78, 5) is 0. The van der Waals surface area contributed by atoms with Gasteiger partial charge in [0.05, 0.1) is 0 Å². The second-order valence-electron chi connectivity index (χ2n) is 3.17. The van der Waals surface area contributed by atoms with Crippen molar-refractivity contribution in [3.63, 3.8) is 0 Å². The Morgan fingerprint density at radius 2 is 2.36 bits per heavy atom. The van der Waals surface area contributed by atoms with Gasteiger partial charge in [0.15, 0.2) is 0 Å². The van der Waals surface area contributed by atoms with E-state index in [2.05, 4.69) is 0 Å². The van der Waals surface area contributed by atoms with E-state index >= 15 is 0 Å². The summed E-state index contributed by atoms with van der Waals surface area (Å²) in [7, 11) is 1.74. The molecule has 0 aromatic rings. The van der Waals surface area contributed by atoms with Gasteiger partial charge >= 0.3 is 0 Å². The molecular formula is C8H18N2O. The summed E-state index contributed by atoms with van der Waals surface area (Å²) in [6.07, 6.45) is 4.88. The van der Waals surface area contributed by atoms with Crippen LogP contribution in [0.3, 0.4) is 0 Å². The van der Waals surface area contributed by atoms with E-state index in [0.29, 0.717) is 6.04 Å². The van der Waals surface area contributed by atoms with E-state index in [-0.39, 0.29) is 0 Å². The predicted octanol–water partition coefficient (Wildman–Crippen LogP) is 0.751. The Balaban J connectivity index is 2.18. The predicted molar refractivity (Wildman–Crippen MR) is 45.0 cm³/mol. The Bertz CT molecular complexity index is 108. The Hall–Kier alpha value is -0.120. The Kier molecular flexibility index (Phi) is 3.83. The number of hydrogen-bond acceptors (Lipinski definition) is 3. The molecule has 1 saturated heterocycles. The molecule has 1 heterocycles. The minimum Gasteiger partial charge on any atom is -0.385 e. The standard InChI is InChI=1S/C8H18N2O/c1-11-7-5-8-4-2-3-6-10(8)9/h8H,2-7,9H2,1H3. The van der Waals surface area contributed by atoms with E-state index in [1.165, 1.54) is 19.3 Å². The molecule has 1 unspecified atom stereocenters. The third kappa shape index (κ3) is 2.77. The van der Waals surface area contributed by atoms with E-state index in [9.17, 15) is 0 Å². The maximum Gasteiger partial charge on any atom is 0.0477 e. The van der Waals surface area contributed by atoms with Crippen molar-refractivity contribution in [1.29, 1.82) is 0 Å². The number of hydrazine groups is 1. The fourth-order valence-corrected chi connectivity index (χ4v) is 1.59. The van der Waals surface area contributed by atoms with Crippen LogP contribution in [0, 0.1) is 0 Å². The highest BCUT2D eigenvalue weighted by atomic mass is 16.5. The van der Waals surface area contributed by atoms with Gasteiger partial charge in [-0.25, -0.2) is 5.01 Å². The van der Waals surface area contributed by atoms with Gasteiger partial charge in [0.25, 0.3) is 0 Å². The van der Waals surface area contributed by atoms with E-state index in [1.54, 1.807) is 7.11 Å². The Labute approximate surface area is 68.5 Å². The first-order valence-electron chi connectivity index (χ1n) is 4.35. The molecule has 1 aliphatic rings. The molecule has 1 fully saturated rings. The van der Waals surface area contributed by atoms with Gasteiger partial charge in [-0.15, -0.1) is 0 Å². The summed E-state index contributed by atoms with van der Waals surface area (Å²) in [5.41, 5.74) is 0. The molecule has 11 heavy (non-hydrogen) atoms. The second-order valence-corrected chi connectivity index (χ2v) is 3.17. The highest BCUT2D eigenvalue weighted by Gasteiger charge is 2.18. The van der Waals surface area contributed by atoms with Crippen LogP contribution >= 0.6 is 0 Å². The normalized spacial score (nSPS) is 27.3. The Morgan fingerprint density at radius 1 is 1.55 bits per heavy atom. The molecule has 0 amide bonds. The van der Waals surface area contributed by atoms with E-state index in [1.807, 2.05) is 5.01 Å². The molecule has 0 radical (unpaired) electrons. The molecule has 3 nitrogen and oxygen atoms in total. The first-order valence-corrected chi connectivity index (χ1v) is 4.35. The van der Waals surface area contributed by atoms with Gasteiger partial charge in [0.1, 0.15) is 0 Å². The fraction of sp³-hybridized carbons (Fsp3) is 1.00. The number of nitrogens with two attached hydrogens (primary N) is 1. The van der Waals surface area contributed by atoms with Crippen LogP contribution in [0.1, 0.15) is 25.7 Å². The van der Waals surface area contributed by atoms with Crippen molar-refractivity contribution in [2.45, 2.75) is 31.7 Å². The largest absolute Gasteiger partial charge is 0.385 e. The molecule has 0 saturated carbocycles. The van der Waals surface area contributed by atoms with E-state index in [0.717, 1.165) is 19.6 Å². The molecule has 0 aromatic heterocycles. The highest BCUT2D eigenvalue weighted by Crippen LogP contribution is 2.15. The van der Waals surface area contributed by atoms with Crippen molar-refractivity contribution < 1.29 is 4.74 Å². The summed E-state index contributed by atoms with van der Waals surface area (Å²) in [5.74, 6) is 5.80. The maximum absolute atomic E-state index is 5.80. The van der Waals surface area contributed by atoms with Gasteiger partial charge in [-0.1, -0.05) is 6.42 Å². The zero-order valence-corrected chi connectivity index (χ0v) is 7.25. The first kappa shape index (κ1) is 8.97. The lowest BCUT2D eigenvalue weighted by atomic mass is 10.0. The van der Waals surface area contributed by atoms with Gasteiger partial charge in [0, 0.05) is 26.3 Å². The fourth-order valence-electron chi connectivity index (χ4n) is 1.59. The lowest BCUT2D eigenvalue weighted by Gasteiger charge is -2.31. The zero-order valence-electron chi connectivity index (χ0n) is 7.25. The SMILES string of the molecule is COCCC1CCCCN1N. The van der Waals surface area contributed by atoms with Crippen LogP contribution < -0.4 is 5.84 Å². The summed E-state index contributed by atoms with van der Waals surface area (Å²) >= 11 is 0. The third-order valence-electron chi connectivity index (χ3n) is 2.33. The average Bonchev–Trinajstić information content (AvgIpc) is 2.03. The van der Waals surface area contributed by atoms with Crippen molar-refractivity contribution in [1.82, 2.24) is 5.01 Å². The molecular weight excluding hydrogens is 140 g/mol. The number of rotatable bonds is 3. The van der Waals surface area contributed by atoms with Gasteiger partial charge in [-0.3, -0.25) is 5.84 Å². The summed E-state index contributed by atoms with van der Waals surface area (Å²) in [6.45, 7) is 1.88. The van der Waals surface area contributed by atoms with Crippen molar-refractivity contribution >= 4 is 0 Å². The molecule has 1 aliphatic heterocycles. The smallest absolute Gasteiger partial charge is 0.0477 e. The van der Waals surface area contributed by atoms with Crippen LogP contribution in [0.4, 0.5) is 0 Å². The lowest BCUT2D eigenvalue weighted by molar-refractivity contribution is 0.104. The minimum atomic E-state index is 0.559. The molecule has 1 atom stereocenters. The van der Waals surface area contributed by atoms with Crippen LogP contribution in [-0.4, -0.2) is 31.3 Å². The number of ether oxygens (including phenoxy) is 1. The van der Waals surface area contributed by atoms with Crippen LogP contribution in [0.2, 0.25) is 0 Å². The lowest BCUT2D eigenvalue weighted by Crippen LogP contribution is -2.44. The summed E-state index contributed by atoms with van der Waals surface area (Å²) in [6, 6.07) is 0.559. The molecule has 1 rings (SSSR count). The molecule has 0 bridgehead atoms. The third-order valence-corrected chi connectivity index (χ3v) is 2.33. The van der Waals surface area contributed by atoms with E-state index < -0.39 is 0 Å². The monoisotopic (exact) mass is 158 g/mol. The van der Waals surface area contributed by atoms with Crippen molar-refractivity contribution in [2.75, 3.05) is 20.3 Å². The van der Waals surface area contributed by atoms with Crippen LogP contribution in [0.5, 0.6) is 0 Å². The van der Waals surface area contributed by atoms with Crippen molar-refractivity contribution in [3.05, 3.63) is 0 Å². The number of hydrogen-bond donors (Lipinski definition) is 1. The quantitative estimate of drug-likeness (QED) is 0.616. The highest BCUT2D eigenvalue weighted by molar-refractivity contribution is 4.72. The number of nitrogens with zero attached hydrogens (tertiary/aromatic N) is 1. The molecule has 66 valence electrons. The van der Waals surface area contributed by atoms with Crippen LogP contribution in [-0.2, 0) is 4.74 Å². The Morgan fingerprint density at radius 3 is 3.00 bits per heavy atom. The van der Waals surface area contributed by atoms with Gasteiger partial charge in [-0.2, -0.15) is 0 Å². The average molecular weight is 158 g/mol. The second kappa shape index (κ2) is 4.70. The summed E-state index contributed by atoms with van der Waals surface area (Å²) < 4.78 is 5.01. The molecule has 2 N–H and O–H groups in total. The minimum absolute atomic E-state index is 0.559. The van der Waals surface area contributed by atoms with E-state index in [4.69, 9.17) is 10.6 Å². The summed E-state index contributed by atoms with van der Waals surface area (Å²) in [5, 5.41) is 1.96. The van der Waals surface area contributed by atoms with Crippen molar-refractivity contribution in [2.24, 2.45) is 5.84 Å². The molecule has 0 aromatic carbocycles. The number of piperidine rings is 1. The first-order chi connectivity index (χ1) is 5.34. The van der Waals surface area contributed by atoms with Crippen LogP contribution in [0.15, 0.2) is 0 Å². The van der Waals surface area contributed by atoms with Gasteiger partial charge in [0.2, 0.25) is 0 Å². The van der Waals surface area contributed by atoms with Crippen molar-refractivity contribution in [3.8, 4) is 0 Å². The van der Waals surface area contributed by atoms with Gasteiger partial charge in [-0.05, 0) is 19.3 Å². The zero-order chi connectivity index (χ0) is 8.10. The van der Waals surface area contributed by atoms with Crippen LogP contribution in [0.25, 0.3) is 0 Å². The number of methoxy groups -OCH3 is 1. The topological polar surface area (TPSA) is 38.5 Å². The molecule has 3 heteroatoms. The molecule has 0 aliphatic carbocycles. The maximum atomic E-state index is 5.80. The molecule has 0 spiro atoms.